The van der Waals surface area contributed by atoms with Crippen molar-refractivity contribution in [3.63, 3.8) is 0 Å². The van der Waals surface area contributed by atoms with Gasteiger partial charge in [-0.3, -0.25) is 0 Å². The van der Waals surface area contributed by atoms with Crippen LogP contribution in [0.3, 0.4) is 0 Å². The molecule has 0 heterocycles. The number of ether oxygens (including phenoxy) is 1. The van der Waals surface area contributed by atoms with Crippen LogP contribution in [0.5, 0.6) is 0 Å². The monoisotopic (exact) mass is 210 g/mol. The zero-order chi connectivity index (χ0) is 10.7. The van der Waals surface area contributed by atoms with Gasteiger partial charge in [0, 0.05) is 0 Å². The van der Waals surface area contributed by atoms with E-state index in [0.717, 1.165) is 24.4 Å². The molecular formula is C14H26O. The topological polar surface area (TPSA) is 9.23 Å². The molecule has 0 radical (unpaired) electrons. The molecule has 0 amide bonds. The molecule has 0 N–H and O–H groups in total. The van der Waals surface area contributed by atoms with Crippen LogP contribution in [0.1, 0.15) is 58.8 Å². The van der Waals surface area contributed by atoms with Crippen LogP contribution in [-0.4, -0.2) is 12.7 Å². The summed E-state index contributed by atoms with van der Waals surface area (Å²) in [5.41, 5.74) is 0. The first-order chi connectivity index (χ1) is 7.29. The van der Waals surface area contributed by atoms with E-state index < -0.39 is 0 Å². The summed E-state index contributed by atoms with van der Waals surface area (Å²) in [6, 6.07) is 0. The Bertz CT molecular complexity index is 190. The van der Waals surface area contributed by atoms with Crippen LogP contribution >= 0.6 is 0 Å². The molecule has 2 aliphatic carbocycles. The third-order valence-electron chi connectivity index (χ3n) is 4.44. The Morgan fingerprint density at radius 3 is 2.73 bits per heavy atom. The first kappa shape index (κ1) is 11.4. The molecule has 2 aliphatic rings. The zero-order valence-corrected chi connectivity index (χ0v) is 10.4. The Labute approximate surface area is 94.6 Å². The lowest BCUT2D eigenvalue weighted by Crippen LogP contribution is -2.20. The van der Waals surface area contributed by atoms with Gasteiger partial charge in [-0.2, -0.15) is 0 Å². The molecule has 0 aliphatic heterocycles. The van der Waals surface area contributed by atoms with Crippen LogP contribution in [0.15, 0.2) is 0 Å². The molecule has 1 heteroatoms. The third-order valence-corrected chi connectivity index (χ3v) is 4.44. The van der Waals surface area contributed by atoms with Gasteiger partial charge in [0.15, 0.2) is 0 Å². The summed E-state index contributed by atoms with van der Waals surface area (Å²) >= 11 is 0. The summed E-state index contributed by atoms with van der Waals surface area (Å²) in [6.07, 6.45) is 10.3. The van der Waals surface area contributed by atoms with Crippen molar-refractivity contribution in [2.45, 2.75) is 64.9 Å². The molecule has 2 rings (SSSR count). The van der Waals surface area contributed by atoms with E-state index >= 15 is 0 Å². The van der Waals surface area contributed by atoms with E-state index in [1.54, 1.807) is 0 Å². The van der Waals surface area contributed by atoms with E-state index in [2.05, 4.69) is 13.8 Å². The highest BCUT2D eigenvalue weighted by molar-refractivity contribution is 4.89. The van der Waals surface area contributed by atoms with E-state index in [4.69, 9.17) is 4.74 Å². The maximum atomic E-state index is 5.98. The summed E-state index contributed by atoms with van der Waals surface area (Å²) < 4.78 is 5.98. The summed E-state index contributed by atoms with van der Waals surface area (Å²) in [5, 5.41) is 0. The maximum Gasteiger partial charge on any atom is 0.0547 e. The van der Waals surface area contributed by atoms with Gasteiger partial charge < -0.3 is 4.74 Å². The summed E-state index contributed by atoms with van der Waals surface area (Å²) in [5.74, 6) is 3.00. The molecule has 2 fully saturated rings. The van der Waals surface area contributed by atoms with Crippen molar-refractivity contribution in [3.05, 3.63) is 0 Å². The highest BCUT2D eigenvalue weighted by Crippen LogP contribution is 2.48. The van der Waals surface area contributed by atoms with E-state index in [1.165, 1.54) is 44.9 Å². The second-order valence-corrected chi connectivity index (χ2v) is 5.72. The van der Waals surface area contributed by atoms with E-state index in [9.17, 15) is 0 Å². The minimum atomic E-state index is 0.490. The van der Waals surface area contributed by atoms with Gasteiger partial charge in [-0.1, -0.05) is 26.2 Å². The average Bonchev–Trinajstić information content (AvgIpc) is 2.84. The molecule has 4 unspecified atom stereocenters. The molecule has 0 aromatic heterocycles. The number of rotatable bonds is 6. The zero-order valence-electron chi connectivity index (χ0n) is 10.4. The molecule has 0 saturated heterocycles. The van der Waals surface area contributed by atoms with Gasteiger partial charge in [-0.05, 0) is 50.4 Å². The molecule has 15 heavy (non-hydrogen) atoms. The molecule has 0 aromatic carbocycles. The van der Waals surface area contributed by atoms with Crippen molar-refractivity contribution in [1.82, 2.24) is 0 Å². The normalized spacial score (nSPS) is 36.0. The fraction of sp³-hybridized carbons (Fsp3) is 1.00. The third kappa shape index (κ3) is 2.96. The second kappa shape index (κ2) is 5.34. The summed E-state index contributed by atoms with van der Waals surface area (Å²) in [4.78, 5) is 0. The highest BCUT2D eigenvalue weighted by Gasteiger charge is 2.39. The molecule has 0 spiro atoms. The van der Waals surface area contributed by atoms with Crippen molar-refractivity contribution >= 4 is 0 Å². The van der Waals surface area contributed by atoms with Crippen LogP contribution in [0.25, 0.3) is 0 Å². The van der Waals surface area contributed by atoms with Crippen molar-refractivity contribution in [1.29, 1.82) is 0 Å². The molecule has 1 nitrogen and oxygen atoms in total. The van der Waals surface area contributed by atoms with Crippen molar-refractivity contribution < 1.29 is 4.74 Å². The van der Waals surface area contributed by atoms with Crippen molar-refractivity contribution in [2.75, 3.05) is 6.61 Å². The van der Waals surface area contributed by atoms with E-state index in [0.29, 0.717) is 6.10 Å². The van der Waals surface area contributed by atoms with Crippen molar-refractivity contribution in [2.24, 2.45) is 17.8 Å². The first-order valence-electron chi connectivity index (χ1n) is 6.91. The maximum absolute atomic E-state index is 5.98. The lowest BCUT2D eigenvalue weighted by Gasteiger charge is -2.23. The molecular weight excluding hydrogens is 184 g/mol. The number of fused-ring (bicyclic) bond motifs is 2. The molecule has 0 aromatic rings. The van der Waals surface area contributed by atoms with Gasteiger partial charge in [0.2, 0.25) is 0 Å². The number of hydrogen-bond acceptors (Lipinski definition) is 1. The lowest BCUT2D eigenvalue weighted by molar-refractivity contribution is 0.0211. The highest BCUT2D eigenvalue weighted by atomic mass is 16.5. The second-order valence-electron chi connectivity index (χ2n) is 5.72. The van der Waals surface area contributed by atoms with E-state index in [-0.39, 0.29) is 0 Å². The summed E-state index contributed by atoms with van der Waals surface area (Å²) in [6.45, 7) is 5.54. The van der Waals surface area contributed by atoms with Gasteiger partial charge in [0.25, 0.3) is 0 Å². The quantitative estimate of drug-likeness (QED) is 0.643. The molecule has 2 bridgehead atoms. The first-order valence-corrected chi connectivity index (χ1v) is 6.91. The standard InChI is InChI=1S/C14H26O/c1-3-4-5-11(2)15-10-14-9-12-6-7-13(14)8-12/h11-14H,3-10H2,1-2H3. The largest absolute Gasteiger partial charge is 0.378 e. The predicted octanol–water partition coefficient (Wildman–Crippen LogP) is 4.02. The van der Waals surface area contributed by atoms with Crippen LogP contribution < -0.4 is 0 Å². The van der Waals surface area contributed by atoms with Crippen LogP contribution in [0.2, 0.25) is 0 Å². The summed E-state index contributed by atoms with van der Waals surface area (Å²) in [7, 11) is 0. The number of unbranched alkanes of at least 4 members (excludes halogenated alkanes) is 1. The van der Waals surface area contributed by atoms with Gasteiger partial charge >= 0.3 is 0 Å². The predicted molar refractivity (Wildman–Crippen MR) is 63.9 cm³/mol. The Balaban J connectivity index is 1.61. The minimum Gasteiger partial charge on any atom is -0.378 e. The molecule has 4 atom stereocenters. The van der Waals surface area contributed by atoms with Gasteiger partial charge in [-0.15, -0.1) is 0 Å². The van der Waals surface area contributed by atoms with Gasteiger partial charge in [0.05, 0.1) is 12.7 Å². The molecule has 2 saturated carbocycles. The fourth-order valence-corrected chi connectivity index (χ4v) is 3.44. The van der Waals surface area contributed by atoms with E-state index in [1.807, 2.05) is 0 Å². The Morgan fingerprint density at radius 1 is 1.27 bits per heavy atom. The van der Waals surface area contributed by atoms with Crippen LogP contribution in [0.4, 0.5) is 0 Å². The fourth-order valence-electron chi connectivity index (χ4n) is 3.44. The Kier molecular flexibility index (Phi) is 4.07. The average molecular weight is 210 g/mol. The van der Waals surface area contributed by atoms with Gasteiger partial charge in [-0.25, -0.2) is 0 Å². The Hall–Kier alpha value is -0.0400. The smallest absolute Gasteiger partial charge is 0.0547 e. The number of hydrogen-bond donors (Lipinski definition) is 0. The minimum absolute atomic E-state index is 0.490. The van der Waals surface area contributed by atoms with Crippen LogP contribution in [0, 0.1) is 17.8 Å². The SMILES string of the molecule is CCCCC(C)OCC1CC2CCC1C2. The lowest BCUT2D eigenvalue weighted by atomic mass is 9.89. The van der Waals surface area contributed by atoms with Gasteiger partial charge in [0.1, 0.15) is 0 Å². The molecule has 88 valence electrons. The Morgan fingerprint density at radius 2 is 2.13 bits per heavy atom. The van der Waals surface area contributed by atoms with Crippen LogP contribution in [-0.2, 0) is 4.74 Å². The van der Waals surface area contributed by atoms with Crippen molar-refractivity contribution in [3.8, 4) is 0 Å².